The Morgan fingerprint density at radius 2 is 1.27 bits per heavy atom. The van der Waals surface area contributed by atoms with Gasteiger partial charge in [-0.2, -0.15) is 0 Å². The first kappa shape index (κ1) is 17.8. The van der Waals surface area contributed by atoms with Gasteiger partial charge in [-0.05, 0) is 79.4 Å². The van der Waals surface area contributed by atoms with Crippen LogP contribution in [0.15, 0.2) is 12.2 Å². The van der Waals surface area contributed by atoms with E-state index in [0.717, 1.165) is 35.5 Å². The second-order valence-corrected chi connectivity index (χ2v) is 11.2. The van der Waals surface area contributed by atoms with Crippen molar-refractivity contribution < 1.29 is 0 Å². The molecule has 0 bridgehead atoms. The minimum atomic E-state index is 0.568. The lowest BCUT2D eigenvalue weighted by atomic mass is 9.63. The lowest BCUT2D eigenvalue weighted by Gasteiger charge is -2.42. The van der Waals surface area contributed by atoms with Crippen LogP contribution in [0.2, 0.25) is 0 Å². The van der Waals surface area contributed by atoms with Crippen LogP contribution in [-0.2, 0) is 0 Å². The molecule has 5 aliphatic carbocycles. The number of fused-ring (bicyclic) bond motifs is 2. The first-order valence-corrected chi connectivity index (χ1v) is 12.5. The zero-order chi connectivity index (χ0) is 17.6. The number of hydrogen-bond donors (Lipinski definition) is 0. The van der Waals surface area contributed by atoms with Crippen molar-refractivity contribution in [2.24, 2.45) is 40.9 Å². The molecule has 146 valence electrons. The summed E-state index contributed by atoms with van der Waals surface area (Å²) < 4.78 is 0. The predicted molar refractivity (Wildman–Crippen MR) is 111 cm³/mol. The van der Waals surface area contributed by atoms with E-state index in [4.69, 9.17) is 6.58 Å². The molecule has 5 saturated carbocycles. The summed E-state index contributed by atoms with van der Waals surface area (Å²) in [6.45, 7) is 4.92. The molecule has 26 heavy (non-hydrogen) atoms. The topological polar surface area (TPSA) is 0 Å². The Labute approximate surface area is 162 Å². The highest BCUT2D eigenvalue weighted by Gasteiger charge is 2.55. The fraction of sp³-hybridized carbons (Fsp3) is 0.923. The molecule has 0 nitrogen and oxygen atoms in total. The molecule has 0 amide bonds. The van der Waals surface area contributed by atoms with Crippen molar-refractivity contribution in [3.05, 3.63) is 12.2 Å². The molecule has 5 unspecified atom stereocenters. The molecule has 0 saturated heterocycles. The Morgan fingerprint density at radius 3 is 1.92 bits per heavy atom. The highest BCUT2D eigenvalue weighted by molar-refractivity contribution is 5.25. The maximum atomic E-state index is 4.92. The summed E-state index contributed by atoms with van der Waals surface area (Å²) in [6.07, 6.45) is 26.0. The Hall–Kier alpha value is -0.260. The minimum Gasteiger partial charge on any atom is -0.0990 e. The molecular weight excluding hydrogens is 312 g/mol. The van der Waals surface area contributed by atoms with E-state index in [-0.39, 0.29) is 0 Å². The molecule has 5 atom stereocenters. The van der Waals surface area contributed by atoms with Gasteiger partial charge in [-0.1, -0.05) is 82.8 Å². The van der Waals surface area contributed by atoms with Crippen molar-refractivity contribution in [3.63, 3.8) is 0 Å². The van der Waals surface area contributed by atoms with Gasteiger partial charge < -0.3 is 0 Å². The normalized spacial score (nSPS) is 46.9. The Kier molecular flexibility index (Phi) is 4.99. The van der Waals surface area contributed by atoms with Crippen LogP contribution in [0, 0.1) is 40.9 Å². The molecule has 5 aliphatic rings. The fourth-order valence-corrected chi connectivity index (χ4v) is 8.78. The molecule has 0 radical (unpaired) electrons. The largest absolute Gasteiger partial charge is 0.0990 e. The van der Waals surface area contributed by atoms with Gasteiger partial charge in [0.2, 0.25) is 0 Å². The first-order chi connectivity index (χ1) is 12.8. The standard InChI is InChI=1S/C26H42/c1-19-25-14-8-7-13-23(25)18-26(19,17-20-9-3-2-4-10-20)24-15-21-11-5-6-12-22(21)16-24/h20-25H,1-18H2. The monoisotopic (exact) mass is 354 g/mol. The Morgan fingerprint density at radius 1 is 0.692 bits per heavy atom. The van der Waals surface area contributed by atoms with Crippen LogP contribution in [0.1, 0.15) is 109 Å². The smallest absolute Gasteiger partial charge is 0.00540 e. The van der Waals surface area contributed by atoms with Crippen LogP contribution in [-0.4, -0.2) is 0 Å². The molecule has 5 rings (SSSR count). The lowest BCUT2D eigenvalue weighted by molar-refractivity contribution is 0.134. The van der Waals surface area contributed by atoms with Gasteiger partial charge in [0.1, 0.15) is 0 Å². The van der Waals surface area contributed by atoms with Crippen LogP contribution in [0.5, 0.6) is 0 Å². The third-order valence-corrected chi connectivity index (χ3v) is 10.0. The summed E-state index contributed by atoms with van der Waals surface area (Å²) in [6, 6.07) is 0. The van der Waals surface area contributed by atoms with E-state index >= 15 is 0 Å². The van der Waals surface area contributed by atoms with E-state index in [1.165, 1.54) is 70.6 Å². The maximum Gasteiger partial charge on any atom is -0.00540 e. The van der Waals surface area contributed by atoms with E-state index in [1.54, 1.807) is 44.1 Å². The van der Waals surface area contributed by atoms with Gasteiger partial charge in [0.05, 0.1) is 0 Å². The SMILES string of the molecule is C=C1C2CCCCC2CC1(CC1CCCCC1)C1CC2CCCCC2C1. The second kappa shape index (κ2) is 7.29. The van der Waals surface area contributed by atoms with Crippen LogP contribution >= 0.6 is 0 Å². The molecule has 0 aromatic heterocycles. The van der Waals surface area contributed by atoms with Crippen molar-refractivity contribution in [1.82, 2.24) is 0 Å². The quantitative estimate of drug-likeness (QED) is 0.451. The molecule has 0 heteroatoms. The molecular formula is C26H42. The first-order valence-electron chi connectivity index (χ1n) is 12.5. The summed E-state index contributed by atoms with van der Waals surface area (Å²) in [5, 5.41) is 0. The molecule has 0 N–H and O–H groups in total. The van der Waals surface area contributed by atoms with Gasteiger partial charge in [-0.15, -0.1) is 0 Å². The predicted octanol–water partition coefficient (Wildman–Crippen LogP) is 7.93. The number of rotatable bonds is 3. The van der Waals surface area contributed by atoms with E-state index in [2.05, 4.69) is 0 Å². The lowest BCUT2D eigenvalue weighted by Crippen LogP contribution is -2.32. The summed E-state index contributed by atoms with van der Waals surface area (Å²) >= 11 is 0. The van der Waals surface area contributed by atoms with Crippen LogP contribution in [0.25, 0.3) is 0 Å². The summed E-state index contributed by atoms with van der Waals surface area (Å²) in [5.41, 5.74) is 2.36. The zero-order valence-electron chi connectivity index (χ0n) is 17.2. The minimum absolute atomic E-state index is 0.568. The fourth-order valence-electron chi connectivity index (χ4n) is 8.78. The number of allylic oxidation sites excluding steroid dienone is 1. The van der Waals surface area contributed by atoms with Gasteiger partial charge in [-0.3, -0.25) is 0 Å². The van der Waals surface area contributed by atoms with E-state index < -0.39 is 0 Å². The average molecular weight is 355 g/mol. The third kappa shape index (κ3) is 3.02. The Balaban J connectivity index is 1.42. The number of hydrogen-bond acceptors (Lipinski definition) is 0. The van der Waals surface area contributed by atoms with E-state index in [1.807, 2.05) is 0 Å². The Bertz CT molecular complexity index is 498. The zero-order valence-corrected chi connectivity index (χ0v) is 17.2. The van der Waals surface area contributed by atoms with Crippen molar-refractivity contribution in [2.75, 3.05) is 0 Å². The molecule has 0 aromatic carbocycles. The highest BCUT2D eigenvalue weighted by atomic mass is 14.6. The summed E-state index contributed by atoms with van der Waals surface area (Å²) in [5.74, 6) is 6.15. The maximum absolute atomic E-state index is 4.92. The summed E-state index contributed by atoms with van der Waals surface area (Å²) in [4.78, 5) is 0. The van der Waals surface area contributed by atoms with Gasteiger partial charge in [0.25, 0.3) is 0 Å². The molecule has 5 fully saturated rings. The van der Waals surface area contributed by atoms with Gasteiger partial charge in [0.15, 0.2) is 0 Å². The molecule has 0 aromatic rings. The van der Waals surface area contributed by atoms with Crippen LogP contribution < -0.4 is 0 Å². The molecule has 0 spiro atoms. The third-order valence-electron chi connectivity index (χ3n) is 10.0. The van der Waals surface area contributed by atoms with Crippen LogP contribution in [0.4, 0.5) is 0 Å². The van der Waals surface area contributed by atoms with E-state index in [9.17, 15) is 0 Å². The average Bonchev–Trinajstić information content (AvgIpc) is 3.23. The van der Waals surface area contributed by atoms with Crippen molar-refractivity contribution in [2.45, 2.75) is 109 Å². The van der Waals surface area contributed by atoms with Crippen molar-refractivity contribution in [3.8, 4) is 0 Å². The van der Waals surface area contributed by atoms with E-state index in [0.29, 0.717) is 5.41 Å². The second-order valence-electron chi connectivity index (χ2n) is 11.2. The molecule has 0 heterocycles. The highest BCUT2D eigenvalue weighted by Crippen LogP contribution is 2.65. The van der Waals surface area contributed by atoms with Gasteiger partial charge >= 0.3 is 0 Å². The molecule has 0 aliphatic heterocycles. The van der Waals surface area contributed by atoms with Crippen LogP contribution in [0.3, 0.4) is 0 Å². The summed E-state index contributed by atoms with van der Waals surface area (Å²) in [7, 11) is 0. The van der Waals surface area contributed by atoms with Gasteiger partial charge in [0, 0.05) is 0 Å². The van der Waals surface area contributed by atoms with Gasteiger partial charge in [-0.25, -0.2) is 0 Å². The van der Waals surface area contributed by atoms with Crippen molar-refractivity contribution >= 4 is 0 Å². The van der Waals surface area contributed by atoms with Crippen molar-refractivity contribution in [1.29, 1.82) is 0 Å².